The molecule has 0 radical (unpaired) electrons. The second-order valence-electron chi connectivity index (χ2n) is 4.11. The molecule has 0 saturated heterocycles. The van der Waals surface area contributed by atoms with E-state index in [1.165, 1.54) is 11.5 Å². The summed E-state index contributed by atoms with van der Waals surface area (Å²) in [5, 5.41) is 12.0. The highest BCUT2D eigenvalue weighted by molar-refractivity contribution is 8.00. The predicted molar refractivity (Wildman–Crippen MR) is 72.3 cm³/mol. The molecule has 1 N–H and O–H groups in total. The SMILES string of the molecule is CNC(C)(C#N)CCCCSc1nc(C)ns1. The first-order valence-electron chi connectivity index (χ1n) is 5.63. The molecule has 0 aliphatic carbocycles. The Hall–Kier alpha value is -0.640. The van der Waals surface area contributed by atoms with Gasteiger partial charge in [0.1, 0.15) is 11.4 Å². The smallest absolute Gasteiger partial charge is 0.170 e. The monoisotopic (exact) mass is 270 g/mol. The van der Waals surface area contributed by atoms with Gasteiger partial charge in [0.2, 0.25) is 0 Å². The quantitative estimate of drug-likeness (QED) is 0.609. The fourth-order valence-corrected chi connectivity index (χ4v) is 3.03. The number of unbranched alkanes of at least 4 members (excludes halogenated alkanes) is 1. The number of nitrogens with zero attached hydrogens (tertiary/aromatic N) is 3. The fraction of sp³-hybridized carbons (Fsp3) is 0.727. The summed E-state index contributed by atoms with van der Waals surface area (Å²) in [5.41, 5.74) is -0.385. The Morgan fingerprint density at radius 2 is 2.29 bits per heavy atom. The lowest BCUT2D eigenvalue weighted by atomic mass is 9.97. The third-order valence-corrected chi connectivity index (χ3v) is 4.62. The van der Waals surface area contributed by atoms with Crippen LogP contribution in [0.3, 0.4) is 0 Å². The van der Waals surface area contributed by atoms with Crippen LogP contribution in [0, 0.1) is 18.3 Å². The van der Waals surface area contributed by atoms with Crippen LogP contribution in [0.25, 0.3) is 0 Å². The predicted octanol–water partition coefficient (Wildman–Crippen LogP) is 2.61. The van der Waals surface area contributed by atoms with Gasteiger partial charge in [0.15, 0.2) is 4.34 Å². The van der Waals surface area contributed by atoms with E-state index in [1.54, 1.807) is 11.8 Å². The molecule has 1 aromatic rings. The summed E-state index contributed by atoms with van der Waals surface area (Å²) < 4.78 is 5.18. The highest BCUT2D eigenvalue weighted by Crippen LogP contribution is 2.22. The van der Waals surface area contributed by atoms with Gasteiger partial charge in [-0.1, -0.05) is 11.8 Å². The summed E-state index contributed by atoms with van der Waals surface area (Å²) in [7, 11) is 1.84. The third kappa shape index (κ3) is 5.02. The van der Waals surface area contributed by atoms with E-state index in [1.807, 2.05) is 20.9 Å². The Bertz CT molecular complexity index is 385. The molecular weight excluding hydrogens is 252 g/mol. The van der Waals surface area contributed by atoms with E-state index in [9.17, 15) is 0 Å². The van der Waals surface area contributed by atoms with Gasteiger partial charge in [-0.2, -0.15) is 9.64 Å². The number of aromatic nitrogens is 2. The molecule has 0 bridgehead atoms. The minimum Gasteiger partial charge on any atom is -0.303 e. The molecule has 4 nitrogen and oxygen atoms in total. The van der Waals surface area contributed by atoms with Gasteiger partial charge in [0.25, 0.3) is 0 Å². The molecule has 17 heavy (non-hydrogen) atoms. The number of nitriles is 1. The van der Waals surface area contributed by atoms with Crippen molar-refractivity contribution in [2.75, 3.05) is 12.8 Å². The van der Waals surface area contributed by atoms with Gasteiger partial charge < -0.3 is 5.32 Å². The van der Waals surface area contributed by atoms with Crippen molar-refractivity contribution in [3.05, 3.63) is 5.82 Å². The summed E-state index contributed by atoms with van der Waals surface area (Å²) in [6.07, 6.45) is 3.04. The number of hydrogen-bond acceptors (Lipinski definition) is 6. The van der Waals surface area contributed by atoms with Crippen LogP contribution in [0.2, 0.25) is 0 Å². The zero-order valence-electron chi connectivity index (χ0n) is 10.5. The molecular formula is C11H18N4S2. The van der Waals surface area contributed by atoms with Crippen molar-refractivity contribution >= 4 is 23.3 Å². The normalized spacial score (nSPS) is 14.2. The largest absolute Gasteiger partial charge is 0.303 e. The maximum atomic E-state index is 8.99. The van der Waals surface area contributed by atoms with Crippen LogP contribution in [0.15, 0.2) is 4.34 Å². The Labute approximate surface area is 111 Å². The number of thioether (sulfide) groups is 1. The number of hydrogen-bond donors (Lipinski definition) is 1. The second-order valence-corrected chi connectivity index (χ2v) is 6.20. The van der Waals surface area contributed by atoms with Gasteiger partial charge in [0, 0.05) is 5.75 Å². The van der Waals surface area contributed by atoms with Crippen LogP contribution in [0.1, 0.15) is 32.0 Å². The average Bonchev–Trinajstić information content (AvgIpc) is 2.74. The van der Waals surface area contributed by atoms with E-state index >= 15 is 0 Å². The zero-order chi connectivity index (χ0) is 12.7. The molecule has 0 saturated carbocycles. The molecule has 0 aliphatic rings. The van der Waals surface area contributed by atoms with E-state index in [2.05, 4.69) is 20.7 Å². The number of nitrogens with one attached hydrogen (secondary N) is 1. The Morgan fingerprint density at radius 3 is 2.82 bits per heavy atom. The molecule has 0 amide bonds. The minimum absolute atomic E-state index is 0.385. The van der Waals surface area contributed by atoms with Gasteiger partial charge >= 0.3 is 0 Å². The topological polar surface area (TPSA) is 61.6 Å². The standard InChI is InChI=1S/C11H18N4S2/c1-9-14-10(17-15-9)16-7-5-4-6-11(2,8-12)13-3/h13H,4-7H2,1-3H3. The molecule has 0 aromatic carbocycles. The maximum Gasteiger partial charge on any atom is 0.170 e. The molecule has 1 unspecified atom stereocenters. The Morgan fingerprint density at radius 1 is 1.53 bits per heavy atom. The van der Waals surface area contributed by atoms with Crippen LogP contribution < -0.4 is 5.32 Å². The summed E-state index contributed by atoms with van der Waals surface area (Å²) in [4.78, 5) is 4.30. The molecule has 0 aliphatic heterocycles. The molecule has 0 spiro atoms. The van der Waals surface area contributed by atoms with Crippen molar-refractivity contribution in [3.8, 4) is 6.07 Å². The maximum absolute atomic E-state index is 8.99. The third-order valence-electron chi connectivity index (χ3n) is 2.60. The van der Waals surface area contributed by atoms with Crippen LogP contribution in [-0.4, -0.2) is 27.7 Å². The van der Waals surface area contributed by atoms with Crippen molar-refractivity contribution < 1.29 is 0 Å². The minimum atomic E-state index is -0.385. The molecule has 1 aromatic heterocycles. The van der Waals surface area contributed by atoms with Crippen molar-refractivity contribution in [2.45, 2.75) is 43.0 Å². The Kier molecular flexibility index (Phi) is 5.89. The summed E-state index contributed by atoms with van der Waals surface area (Å²) in [5.74, 6) is 1.89. The van der Waals surface area contributed by atoms with E-state index in [-0.39, 0.29) is 5.54 Å². The first-order valence-corrected chi connectivity index (χ1v) is 7.39. The average molecular weight is 270 g/mol. The van der Waals surface area contributed by atoms with Gasteiger partial charge in [0.05, 0.1) is 6.07 Å². The molecule has 0 fully saturated rings. The molecule has 6 heteroatoms. The van der Waals surface area contributed by atoms with Gasteiger partial charge in [-0.25, -0.2) is 4.98 Å². The Balaban J connectivity index is 2.15. The lowest BCUT2D eigenvalue weighted by Gasteiger charge is -2.19. The first-order chi connectivity index (χ1) is 8.09. The van der Waals surface area contributed by atoms with E-state index in [4.69, 9.17) is 5.26 Å². The van der Waals surface area contributed by atoms with Gasteiger partial charge in [-0.3, -0.25) is 0 Å². The van der Waals surface area contributed by atoms with Gasteiger partial charge in [-0.15, -0.1) is 0 Å². The number of rotatable bonds is 7. The van der Waals surface area contributed by atoms with E-state index in [0.717, 1.165) is 35.2 Å². The summed E-state index contributed by atoms with van der Waals surface area (Å²) in [6, 6.07) is 2.30. The van der Waals surface area contributed by atoms with Crippen molar-refractivity contribution in [1.29, 1.82) is 5.26 Å². The molecule has 94 valence electrons. The summed E-state index contributed by atoms with van der Waals surface area (Å²) in [6.45, 7) is 3.85. The highest BCUT2D eigenvalue weighted by atomic mass is 32.2. The van der Waals surface area contributed by atoms with Crippen molar-refractivity contribution in [1.82, 2.24) is 14.7 Å². The van der Waals surface area contributed by atoms with Crippen LogP contribution in [0.4, 0.5) is 0 Å². The van der Waals surface area contributed by atoms with Crippen molar-refractivity contribution in [2.24, 2.45) is 0 Å². The van der Waals surface area contributed by atoms with E-state index in [0.29, 0.717) is 0 Å². The summed E-state index contributed by atoms with van der Waals surface area (Å²) >= 11 is 3.21. The van der Waals surface area contributed by atoms with Crippen LogP contribution in [0.5, 0.6) is 0 Å². The van der Waals surface area contributed by atoms with Gasteiger partial charge in [-0.05, 0) is 51.7 Å². The van der Waals surface area contributed by atoms with Crippen molar-refractivity contribution in [3.63, 3.8) is 0 Å². The first kappa shape index (κ1) is 14.4. The fourth-order valence-electron chi connectivity index (χ4n) is 1.31. The zero-order valence-corrected chi connectivity index (χ0v) is 12.1. The van der Waals surface area contributed by atoms with E-state index < -0.39 is 0 Å². The van der Waals surface area contributed by atoms with Crippen LogP contribution in [-0.2, 0) is 0 Å². The lowest BCUT2D eigenvalue weighted by Crippen LogP contribution is -2.37. The molecule has 1 heterocycles. The number of aryl methyl sites for hydroxylation is 1. The highest BCUT2D eigenvalue weighted by Gasteiger charge is 2.19. The van der Waals surface area contributed by atoms with Crippen LogP contribution >= 0.6 is 23.3 Å². The molecule has 1 rings (SSSR count). The second kappa shape index (κ2) is 6.94. The molecule has 1 atom stereocenters. The lowest BCUT2D eigenvalue weighted by molar-refractivity contribution is 0.439.